The molecule has 0 radical (unpaired) electrons. The maximum Gasteiger partial charge on any atom is 0.126 e. The Kier molecular flexibility index (Phi) is 5.36. The van der Waals surface area contributed by atoms with E-state index in [1.807, 2.05) is 12.1 Å². The number of halogens is 1. The second-order valence-corrected chi connectivity index (χ2v) is 4.68. The van der Waals surface area contributed by atoms with E-state index in [4.69, 9.17) is 0 Å². The third-order valence-corrected chi connectivity index (χ3v) is 2.67. The van der Waals surface area contributed by atoms with E-state index in [-0.39, 0.29) is 11.9 Å². The van der Waals surface area contributed by atoms with Crippen molar-refractivity contribution in [1.82, 2.24) is 5.32 Å². The molecule has 0 heterocycles. The minimum Gasteiger partial charge on any atom is -0.307 e. The first-order chi connectivity index (χ1) is 8.04. The van der Waals surface area contributed by atoms with Crippen LogP contribution in [-0.4, -0.2) is 6.54 Å². The van der Waals surface area contributed by atoms with Crippen LogP contribution in [0.2, 0.25) is 0 Å². The van der Waals surface area contributed by atoms with Crippen LogP contribution in [0.4, 0.5) is 4.39 Å². The van der Waals surface area contributed by atoms with Gasteiger partial charge in [0.05, 0.1) is 6.04 Å². The van der Waals surface area contributed by atoms with Gasteiger partial charge >= 0.3 is 0 Å². The summed E-state index contributed by atoms with van der Waals surface area (Å²) < 4.78 is 13.6. The molecule has 2 heteroatoms. The van der Waals surface area contributed by atoms with Gasteiger partial charge in [0, 0.05) is 0 Å². The summed E-state index contributed by atoms with van der Waals surface area (Å²) >= 11 is 0. The van der Waals surface area contributed by atoms with Crippen molar-refractivity contribution in [2.45, 2.75) is 40.2 Å². The molecular formula is C15H22FN. The van der Waals surface area contributed by atoms with Gasteiger partial charge in [0.15, 0.2) is 0 Å². The van der Waals surface area contributed by atoms with Crippen molar-refractivity contribution in [3.05, 3.63) is 46.8 Å². The Morgan fingerprint density at radius 2 is 2.12 bits per heavy atom. The van der Waals surface area contributed by atoms with E-state index in [9.17, 15) is 4.39 Å². The summed E-state index contributed by atoms with van der Waals surface area (Å²) in [4.78, 5) is 0. The van der Waals surface area contributed by atoms with Crippen molar-refractivity contribution < 1.29 is 4.39 Å². The minimum absolute atomic E-state index is 0.107. The van der Waals surface area contributed by atoms with Crippen molar-refractivity contribution >= 4 is 0 Å². The minimum atomic E-state index is -0.132. The Bertz CT molecular complexity index is 392. The molecule has 0 saturated heterocycles. The Morgan fingerprint density at radius 1 is 1.41 bits per heavy atom. The summed E-state index contributed by atoms with van der Waals surface area (Å²) in [5.74, 6) is -0.132. The topological polar surface area (TPSA) is 12.0 Å². The van der Waals surface area contributed by atoms with Crippen LogP contribution in [0.3, 0.4) is 0 Å². The van der Waals surface area contributed by atoms with Gasteiger partial charge in [0.2, 0.25) is 0 Å². The van der Waals surface area contributed by atoms with Crippen molar-refractivity contribution in [1.29, 1.82) is 0 Å². The summed E-state index contributed by atoms with van der Waals surface area (Å²) in [6.45, 7) is 8.97. The van der Waals surface area contributed by atoms with E-state index < -0.39 is 0 Å². The predicted molar refractivity (Wildman–Crippen MR) is 71.6 cm³/mol. The molecule has 0 aliphatic carbocycles. The molecule has 0 spiro atoms. The van der Waals surface area contributed by atoms with Crippen molar-refractivity contribution in [2.75, 3.05) is 6.54 Å². The molecular weight excluding hydrogens is 213 g/mol. The first kappa shape index (κ1) is 13.9. The van der Waals surface area contributed by atoms with Gasteiger partial charge in [-0.1, -0.05) is 30.7 Å². The predicted octanol–water partition coefficient (Wildman–Crippen LogP) is 4.14. The second kappa shape index (κ2) is 6.55. The zero-order valence-electron chi connectivity index (χ0n) is 11.2. The summed E-state index contributed by atoms with van der Waals surface area (Å²) in [5, 5.41) is 3.42. The number of hydrogen-bond acceptors (Lipinski definition) is 1. The van der Waals surface area contributed by atoms with Gasteiger partial charge < -0.3 is 5.32 Å². The normalized spacial score (nSPS) is 12.3. The Morgan fingerprint density at radius 3 is 2.65 bits per heavy atom. The zero-order valence-corrected chi connectivity index (χ0v) is 11.2. The highest BCUT2D eigenvalue weighted by atomic mass is 19.1. The molecule has 0 bridgehead atoms. The van der Waals surface area contributed by atoms with E-state index in [0.717, 1.165) is 18.5 Å². The first-order valence-corrected chi connectivity index (χ1v) is 6.19. The van der Waals surface area contributed by atoms with Gasteiger partial charge in [0.1, 0.15) is 5.82 Å². The highest BCUT2D eigenvalue weighted by Gasteiger charge is 2.09. The van der Waals surface area contributed by atoms with E-state index in [0.29, 0.717) is 5.56 Å². The lowest BCUT2D eigenvalue weighted by Crippen LogP contribution is -2.20. The van der Waals surface area contributed by atoms with Crippen LogP contribution < -0.4 is 5.32 Å². The van der Waals surface area contributed by atoms with Gasteiger partial charge in [-0.05, 0) is 50.9 Å². The van der Waals surface area contributed by atoms with E-state index >= 15 is 0 Å². The van der Waals surface area contributed by atoms with Crippen molar-refractivity contribution in [3.63, 3.8) is 0 Å². The standard InChI is InChI=1S/C15H22FN/c1-5-8-17-15(9-11(2)3)13-7-6-12(4)14(16)10-13/h6-7,9-10,15,17H,5,8H2,1-4H3. The molecule has 1 N–H and O–H groups in total. The maximum absolute atomic E-state index is 13.6. The van der Waals surface area contributed by atoms with Gasteiger partial charge in [-0.3, -0.25) is 0 Å². The van der Waals surface area contributed by atoms with E-state index in [1.54, 1.807) is 13.0 Å². The molecule has 1 aromatic rings. The average Bonchev–Trinajstić information content (AvgIpc) is 2.27. The number of rotatable bonds is 5. The fraction of sp³-hybridized carbons (Fsp3) is 0.467. The summed E-state index contributed by atoms with van der Waals surface area (Å²) in [6, 6.07) is 5.56. The number of aryl methyl sites for hydroxylation is 1. The Hall–Kier alpha value is -1.15. The largest absolute Gasteiger partial charge is 0.307 e. The van der Waals surface area contributed by atoms with Crippen LogP contribution in [0, 0.1) is 12.7 Å². The summed E-state index contributed by atoms with van der Waals surface area (Å²) in [5.41, 5.74) is 2.92. The Balaban J connectivity index is 2.95. The van der Waals surface area contributed by atoms with E-state index in [2.05, 4.69) is 32.2 Å². The van der Waals surface area contributed by atoms with E-state index in [1.165, 1.54) is 5.57 Å². The molecule has 0 aromatic heterocycles. The lowest BCUT2D eigenvalue weighted by atomic mass is 10.0. The zero-order chi connectivity index (χ0) is 12.8. The molecule has 0 aliphatic rings. The number of benzene rings is 1. The maximum atomic E-state index is 13.6. The third kappa shape index (κ3) is 4.31. The van der Waals surface area contributed by atoms with Gasteiger partial charge in [0.25, 0.3) is 0 Å². The quantitative estimate of drug-likeness (QED) is 0.756. The molecule has 1 atom stereocenters. The fourth-order valence-electron chi connectivity index (χ4n) is 1.71. The molecule has 94 valence electrons. The van der Waals surface area contributed by atoms with Gasteiger partial charge in [-0.25, -0.2) is 4.39 Å². The lowest BCUT2D eigenvalue weighted by Gasteiger charge is -2.16. The number of hydrogen-bond donors (Lipinski definition) is 1. The average molecular weight is 235 g/mol. The highest BCUT2D eigenvalue weighted by molar-refractivity contribution is 5.29. The molecule has 0 fully saturated rings. The van der Waals surface area contributed by atoms with Crippen LogP contribution in [0.15, 0.2) is 29.8 Å². The SMILES string of the molecule is CCCNC(C=C(C)C)c1ccc(C)c(F)c1. The summed E-state index contributed by atoms with van der Waals surface area (Å²) in [7, 11) is 0. The molecule has 1 rings (SSSR count). The second-order valence-electron chi connectivity index (χ2n) is 4.68. The monoisotopic (exact) mass is 235 g/mol. The van der Waals surface area contributed by atoms with Crippen molar-refractivity contribution in [3.8, 4) is 0 Å². The van der Waals surface area contributed by atoms with Crippen LogP contribution in [0.5, 0.6) is 0 Å². The molecule has 0 amide bonds. The van der Waals surface area contributed by atoms with Crippen LogP contribution in [-0.2, 0) is 0 Å². The molecule has 1 nitrogen and oxygen atoms in total. The third-order valence-electron chi connectivity index (χ3n) is 2.67. The van der Waals surface area contributed by atoms with Gasteiger partial charge in [-0.15, -0.1) is 0 Å². The summed E-state index contributed by atoms with van der Waals surface area (Å²) in [6.07, 6.45) is 3.21. The smallest absolute Gasteiger partial charge is 0.126 e. The fourth-order valence-corrected chi connectivity index (χ4v) is 1.71. The molecule has 0 saturated carbocycles. The Labute approximate surface area is 104 Å². The first-order valence-electron chi connectivity index (χ1n) is 6.19. The lowest BCUT2D eigenvalue weighted by molar-refractivity contribution is 0.590. The molecule has 0 aliphatic heterocycles. The number of nitrogens with one attached hydrogen (secondary N) is 1. The number of allylic oxidation sites excluding steroid dienone is 1. The van der Waals surface area contributed by atoms with Crippen molar-refractivity contribution in [2.24, 2.45) is 0 Å². The van der Waals surface area contributed by atoms with Crippen LogP contribution >= 0.6 is 0 Å². The molecule has 1 unspecified atom stereocenters. The van der Waals surface area contributed by atoms with Crippen LogP contribution in [0.1, 0.15) is 44.4 Å². The van der Waals surface area contributed by atoms with Gasteiger partial charge in [-0.2, -0.15) is 0 Å². The highest BCUT2D eigenvalue weighted by Crippen LogP contribution is 2.19. The molecule has 17 heavy (non-hydrogen) atoms. The van der Waals surface area contributed by atoms with Crippen LogP contribution in [0.25, 0.3) is 0 Å². The molecule has 1 aromatic carbocycles.